The van der Waals surface area contributed by atoms with Gasteiger partial charge in [0, 0.05) is 6.20 Å². The number of amides is 2. The van der Waals surface area contributed by atoms with Gasteiger partial charge in [-0.15, -0.1) is 0 Å². The lowest BCUT2D eigenvalue weighted by Gasteiger charge is -2.14. The Kier molecular flexibility index (Phi) is 6.15. The van der Waals surface area contributed by atoms with Crippen molar-refractivity contribution in [3.8, 4) is 0 Å². The number of nitrogens with zero attached hydrogens (tertiary/aromatic N) is 1. The van der Waals surface area contributed by atoms with Crippen molar-refractivity contribution < 1.29 is 19.5 Å². The first-order chi connectivity index (χ1) is 9.54. The van der Waals surface area contributed by atoms with Gasteiger partial charge >= 0.3 is 6.09 Å². The Hall–Kier alpha value is -2.44. The number of Topliss-reactive ketones (excluding diaryl/α,β-unsaturated/α-hetero) is 1. The van der Waals surface area contributed by atoms with Crippen molar-refractivity contribution in [1.29, 1.82) is 0 Å². The largest absolute Gasteiger partial charge is 0.465 e. The van der Waals surface area contributed by atoms with Gasteiger partial charge < -0.3 is 15.7 Å². The number of ketones is 1. The van der Waals surface area contributed by atoms with E-state index in [0.29, 0.717) is 6.42 Å². The molecular weight excluding hydrogens is 262 g/mol. The van der Waals surface area contributed by atoms with Crippen molar-refractivity contribution in [3.63, 3.8) is 0 Å². The lowest BCUT2D eigenvalue weighted by atomic mass is 10.1. The number of carbonyl (C=O) groups excluding carboxylic acids is 2. The molecule has 1 heterocycles. The molecule has 1 aromatic rings. The first-order valence-electron chi connectivity index (χ1n) is 6.30. The third kappa shape index (κ3) is 5.05. The minimum absolute atomic E-state index is 0.246. The van der Waals surface area contributed by atoms with Crippen LogP contribution in [0, 0.1) is 0 Å². The Morgan fingerprint density at radius 3 is 2.65 bits per heavy atom. The van der Waals surface area contributed by atoms with E-state index in [-0.39, 0.29) is 12.2 Å². The Labute approximate surface area is 116 Å². The maximum absolute atomic E-state index is 11.9. The van der Waals surface area contributed by atoms with Crippen LogP contribution < -0.4 is 10.6 Å². The van der Waals surface area contributed by atoms with E-state index in [1.165, 1.54) is 12.3 Å². The Balaban J connectivity index is 2.67. The molecule has 0 spiro atoms. The van der Waals surface area contributed by atoms with Crippen molar-refractivity contribution in [2.75, 3.05) is 5.32 Å². The highest BCUT2D eigenvalue weighted by molar-refractivity contribution is 6.42. The summed E-state index contributed by atoms with van der Waals surface area (Å²) in [6.07, 6.45) is 1.88. The van der Waals surface area contributed by atoms with Crippen LogP contribution in [0.3, 0.4) is 0 Å². The summed E-state index contributed by atoms with van der Waals surface area (Å²) in [5, 5.41) is 13.1. The minimum Gasteiger partial charge on any atom is -0.465 e. The normalized spacial score (nSPS) is 11.4. The predicted molar refractivity (Wildman–Crippen MR) is 72.3 cm³/mol. The van der Waals surface area contributed by atoms with Crippen molar-refractivity contribution in [1.82, 2.24) is 10.3 Å². The average molecular weight is 279 g/mol. The molecule has 1 unspecified atom stereocenters. The van der Waals surface area contributed by atoms with Gasteiger partial charge in [-0.05, 0) is 18.6 Å². The molecule has 0 saturated heterocycles. The summed E-state index contributed by atoms with van der Waals surface area (Å²) in [5.41, 5.74) is 0. The molecule has 3 N–H and O–H groups in total. The van der Waals surface area contributed by atoms with Crippen LogP contribution in [0.15, 0.2) is 24.4 Å². The molecule has 7 heteroatoms. The van der Waals surface area contributed by atoms with Crippen LogP contribution in [0.5, 0.6) is 0 Å². The first kappa shape index (κ1) is 15.6. The summed E-state index contributed by atoms with van der Waals surface area (Å²) in [5.74, 6) is -1.44. The Bertz CT molecular complexity index is 476. The van der Waals surface area contributed by atoms with Crippen LogP contribution >= 0.6 is 0 Å². The van der Waals surface area contributed by atoms with Crippen LogP contribution in [-0.4, -0.2) is 33.9 Å². The second-order valence-corrected chi connectivity index (χ2v) is 4.18. The van der Waals surface area contributed by atoms with E-state index in [0.717, 1.165) is 6.42 Å². The standard InChI is InChI=1S/C13H17N3O4/c1-2-3-6-9(15-13(19)20)11(17)12(18)16-10-7-4-5-8-14-10/h4-5,7-9,15H,2-3,6H2,1H3,(H,19,20)(H,14,16,18). The summed E-state index contributed by atoms with van der Waals surface area (Å²) >= 11 is 0. The summed E-state index contributed by atoms with van der Waals surface area (Å²) in [4.78, 5) is 38.2. The molecule has 0 bridgehead atoms. The van der Waals surface area contributed by atoms with Gasteiger partial charge in [-0.1, -0.05) is 25.8 Å². The van der Waals surface area contributed by atoms with Gasteiger partial charge in [-0.2, -0.15) is 0 Å². The van der Waals surface area contributed by atoms with E-state index in [1.807, 2.05) is 6.92 Å². The molecule has 108 valence electrons. The number of pyridine rings is 1. The number of rotatable bonds is 7. The zero-order chi connectivity index (χ0) is 15.0. The predicted octanol–water partition coefficient (Wildman–Crippen LogP) is 1.42. The fourth-order valence-corrected chi connectivity index (χ4v) is 1.60. The van der Waals surface area contributed by atoms with Gasteiger partial charge in [-0.25, -0.2) is 9.78 Å². The highest BCUT2D eigenvalue weighted by Crippen LogP contribution is 2.05. The van der Waals surface area contributed by atoms with Crippen molar-refractivity contribution >= 4 is 23.6 Å². The molecule has 0 fully saturated rings. The average Bonchev–Trinajstić information content (AvgIpc) is 2.43. The molecule has 1 aromatic heterocycles. The number of aromatic nitrogens is 1. The van der Waals surface area contributed by atoms with Gasteiger partial charge in [0.1, 0.15) is 11.9 Å². The minimum atomic E-state index is -1.33. The molecular formula is C13H17N3O4. The van der Waals surface area contributed by atoms with Gasteiger partial charge in [0.25, 0.3) is 5.91 Å². The molecule has 1 atom stereocenters. The molecule has 0 aliphatic heterocycles. The molecule has 7 nitrogen and oxygen atoms in total. The molecule has 0 saturated carbocycles. The van der Waals surface area contributed by atoms with E-state index in [9.17, 15) is 14.4 Å². The van der Waals surface area contributed by atoms with Crippen LogP contribution in [0.2, 0.25) is 0 Å². The second kappa shape index (κ2) is 7.88. The second-order valence-electron chi connectivity index (χ2n) is 4.18. The molecule has 20 heavy (non-hydrogen) atoms. The molecule has 0 aliphatic carbocycles. The molecule has 0 radical (unpaired) electrons. The summed E-state index contributed by atoms with van der Waals surface area (Å²) in [6, 6.07) is 3.85. The zero-order valence-electron chi connectivity index (χ0n) is 11.1. The van der Waals surface area contributed by atoms with E-state index >= 15 is 0 Å². The van der Waals surface area contributed by atoms with Crippen LogP contribution in [0.1, 0.15) is 26.2 Å². The molecule has 2 amide bonds. The smallest absolute Gasteiger partial charge is 0.405 e. The lowest BCUT2D eigenvalue weighted by molar-refractivity contribution is -0.136. The Morgan fingerprint density at radius 2 is 2.10 bits per heavy atom. The van der Waals surface area contributed by atoms with Gasteiger partial charge in [0.05, 0.1) is 0 Å². The fraction of sp³-hybridized carbons (Fsp3) is 0.385. The highest BCUT2D eigenvalue weighted by Gasteiger charge is 2.26. The summed E-state index contributed by atoms with van der Waals surface area (Å²) < 4.78 is 0. The lowest BCUT2D eigenvalue weighted by Crippen LogP contribution is -2.45. The number of hydrogen-bond donors (Lipinski definition) is 3. The van der Waals surface area contributed by atoms with E-state index in [2.05, 4.69) is 15.6 Å². The zero-order valence-corrected chi connectivity index (χ0v) is 11.1. The quantitative estimate of drug-likeness (QED) is 0.654. The molecule has 0 aromatic carbocycles. The van der Waals surface area contributed by atoms with Crippen molar-refractivity contribution in [2.45, 2.75) is 32.2 Å². The number of anilines is 1. The van der Waals surface area contributed by atoms with Crippen molar-refractivity contribution in [3.05, 3.63) is 24.4 Å². The van der Waals surface area contributed by atoms with Crippen LogP contribution in [-0.2, 0) is 9.59 Å². The monoisotopic (exact) mass is 279 g/mol. The summed E-state index contributed by atoms with van der Waals surface area (Å²) in [7, 11) is 0. The topological polar surface area (TPSA) is 108 Å². The van der Waals surface area contributed by atoms with Gasteiger partial charge in [-0.3, -0.25) is 9.59 Å². The van der Waals surface area contributed by atoms with Gasteiger partial charge in [0.15, 0.2) is 0 Å². The summed E-state index contributed by atoms with van der Waals surface area (Å²) in [6.45, 7) is 1.91. The number of hydrogen-bond acceptors (Lipinski definition) is 4. The highest BCUT2D eigenvalue weighted by atomic mass is 16.4. The fourth-order valence-electron chi connectivity index (χ4n) is 1.60. The third-order valence-electron chi connectivity index (χ3n) is 2.59. The SMILES string of the molecule is CCCCC(NC(=O)O)C(=O)C(=O)Nc1ccccn1. The van der Waals surface area contributed by atoms with Crippen LogP contribution in [0.25, 0.3) is 0 Å². The van der Waals surface area contributed by atoms with Crippen molar-refractivity contribution in [2.24, 2.45) is 0 Å². The first-order valence-corrected chi connectivity index (χ1v) is 6.30. The molecule has 1 rings (SSSR count). The number of carboxylic acid groups (broad SMARTS) is 1. The number of nitrogens with one attached hydrogen (secondary N) is 2. The third-order valence-corrected chi connectivity index (χ3v) is 2.59. The van der Waals surface area contributed by atoms with E-state index < -0.39 is 23.8 Å². The van der Waals surface area contributed by atoms with Crippen LogP contribution in [0.4, 0.5) is 10.6 Å². The van der Waals surface area contributed by atoms with Gasteiger partial charge in [0.2, 0.25) is 5.78 Å². The maximum Gasteiger partial charge on any atom is 0.405 e. The Morgan fingerprint density at radius 1 is 1.35 bits per heavy atom. The number of carbonyl (C=O) groups is 3. The maximum atomic E-state index is 11.9. The van der Waals surface area contributed by atoms with E-state index in [4.69, 9.17) is 5.11 Å². The number of unbranched alkanes of at least 4 members (excludes halogenated alkanes) is 1. The molecule has 0 aliphatic rings. The van der Waals surface area contributed by atoms with E-state index in [1.54, 1.807) is 12.1 Å².